The quantitative estimate of drug-likeness (QED) is 0.183. The Morgan fingerprint density at radius 2 is 1.39 bits per heavy atom. The molecular weight excluding hydrogens is 661 g/mol. The van der Waals surface area contributed by atoms with Gasteiger partial charge in [-0.2, -0.15) is 0 Å². The molecule has 0 amide bonds. The molecule has 0 bridgehead atoms. The van der Waals surface area contributed by atoms with Crippen LogP contribution in [0.5, 0.6) is 11.5 Å². The number of para-hydroxylation sites is 1. The van der Waals surface area contributed by atoms with Gasteiger partial charge in [-0.3, -0.25) is 9.56 Å². The van der Waals surface area contributed by atoms with E-state index in [0.717, 1.165) is 51.8 Å². The highest BCUT2D eigenvalue weighted by Crippen LogP contribution is 2.57. The van der Waals surface area contributed by atoms with Gasteiger partial charge in [-0.1, -0.05) is 74.0 Å². The minimum absolute atomic E-state index is 0.196. The van der Waals surface area contributed by atoms with Crippen LogP contribution in [0.4, 0.5) is 5.69 Å². The van der Waals surface area contributed by atoms with Crippen LogP contribution < -0.4 is 9.64 Å². The van der Waals surface area contributed by atoms with Gasteiger partial charge in [0.2, 0.25) is 0 Å². The van der Waals surface area contributed by atoms with Gasteiger partial charge in [-0.15, -0.1) is 0 Å². The van der Waals surface area contributed by atoms with E-state index in [1.165, 1.54) is 60.9 Å². The summed E-state index contributed by atoms with van der Waals surface area (Å²) in [7, 11) is 0. The van der Waals surface area contributed by atoms with Gasteiger partial charge in [0.05, 0.1) is 22.3 Å². The first-order valence-corrected chi connectivity index (χ1v) is 19.2. The first kappa shape index (κ1) is 32.9. The number of rotatable bonds is 4. The number of amidine groups is 1. The molecule has 7 aromatic rings. The van der Waals surface area contributed by atoms with Gasteiger partial charge in [0.1, 0.15) is 23.0 Å². The molecule has 4 heterocycles. The fraction of sp³-hybridized carbons (Fsp3) is 0.265. The average molecular weight is 707 g/mol. The Morgan fingerprint density at radius 3 is 2.19 bits per heavy atom. The normalized spacial score (nSPS) is 20.6. The number of pyridine rings is 1. The Bertz CT molecular complexity index is 2780. The van der Waals surface area contributed by atoms with Crippen LogP contribution in [0.15, 0.2) is 108 Å². The molecule has 2 aliphatic heterocycles. The molecule has 0 N–H and O–H groups in total. The first-order chi connectivity index (χ1) is 25.8. The SMILES string of the molecule is Cc1cc(Oc2cc3c(cc2C)C(C)(C)c2cccc4c5cccnc5n-3c24)cc(C2=N[C@]3(C)Cc4ccccc4[C@]3(C)N2c2c(C)cc(C)cc2C)c1. The van der Waals surface area contributed by atoms with Crippen molar-refractivity contribution >= 4 is 33.5 Å². The molecule has 268 valence electrons. The number of aliphatic imine (C=N–C) groups is 1. The van der Waals surface area contributed by atoms with Crippen LogP contribution in [0.2, 0.25) is 0 Å². The number of anilines is 1. The van der Waals surface area contributed by atoms with E-state index >= 15 is 0 Å². The van der Waals surface area contributed by atoms with E-state index in [2.05, 4.69) is 163 Å². The number of fused-ring (bicyclic) bond motifs is 8. The van der Waals surface area contributed by atoms with Crippen molar-refractivity contribution in [3.63, 3.8) is 0 Å². The third-order valence-corrected chi connectivity index (χ3v) is 13.0. The second-order valence-corrected chi connectivity index (χ2v) is 17.0. The third-order valence-electron chi connectivity index (χ3n) is 13.0. The Labute approximate surface area is 318 Å². The molecule has 54 heavy (non-hydrogen) atoms. The van der Waals surface area contributed by atoms with Gasteiger partial charge in [-0.25, -0.2) is 4.98 Å². The lowest BCUT2D eigenvalue weighted by atomic mass is 9.74. The number of aromatic nitrogens is 2. The molecular formula is C49H46N4O. The molecule has 0 saturated carbocycles. The third kappa shape index (κ3) is 4.27. The standard InChI is InChI=1S/C49H46N4O/c1-28-20-31(4)43(32(5)21-28)53-45(51-48(8)27-33-14-10-11-17-38(33)49(48,53)9)34-22-29(2)23-35(25-34)54-42-26-41-40(24-30(42)3)47(6,7)39-18-12-15-36-37-16-13-19-50-46(37)52(41)44(36)39/h10-26H,27H2,1-9H3/t48-,49+/m1/s1. The van der Waals surface area contributed by atoms with Crippen molar-refractivity contribution in [2.45, 2.75) is 85.2 Å². The van der Waals surface area contributed by atoms with E-state index in [0.29, 0.717) is 0 Å². The van der Waals surface area contributed by atoms with Crippen LogP contribution in [0.3, 0.4) is 0 Å². The summed E-state index contributed by atoms with van der Waals surface area (Å²) in [5, 5.41) is 2.40. The first-order valence-electron chi connectivity index (χ1n) is 19.2. The summed E-state index contributed by atoms with van der Waals surface area (Å²) in [5.74, 6) is 2.63. The van der Waals surface area contributed by atoms with Crippen LogP contribution in [0.1, 0.15) is 83.3 Å². The second-order valence-electron chi connectivity index (χ2n) is 17.0. The molecule has 1 aliphatic carbocycles. The maximum Gasteiger partial charge on any atom is 0.145 e. The van der Waals surface area contributed by atoms with E-state index in [4.69, 9.17) is 14.7 Å². The van der Waals surface area contributed by atoms with Gasteiger partial charge in [-0.05, 0) is 129 Å². The summed E-state index contributed by atoms with van der Waals surface area (Å²) in [4.78, 5) is 13.2. The smallest absolute Gasteiger partial charge is 0.145 e. The summed E-state index contributed by atoms with van der Waals surface area (Å²) in [6.07, 6.45) is 2.79. The molecule has 0 unspecified atom stereocenters. The lowest BCUT2D eigenvalue weighted by Crippen LogP contribution is -2.52. The lowest BCUT2D eigenvalue weighted by Gasteiger charge is -2.43. The Balaban J connectivity index is 1.13. The Hall–Kier alpha value is -5.68. The van der Waals surface area contributed by atoms with Crippen LogP contribution in [-0.4, -0.2) is 20.9 Å². The number of ether oxygens (including phenoxy) is 1. The van der Waals surface area contributed by atoms with Crippen molar-refractivity contribution in [1.29, 1.82) is 0 Å². The zero-order chi connectivity index (χ0) is 37.5. The van der Waals surface area contributed by atoms with Gasteiger partial charge < -0.3 is 9.64 Å². The van der Waals surface area contributed by atoms with E-state index in [9.17, 15) is 0 Å². The Kier molecular flexibility index (Phi) is 6.67. The van der Waals surface area contributed by atoms with Crippen LogP contribution in [0.25, 0.3) is 27.6 Å². The fourth-order valence-corrected chi connectivity index (χ4v) is 10.3. The summed E-state index contributed by atoms with van der Waals surface area (Å²) >= 11 is 0. The van der Waals surface area contributed by atoms with E-state index in [-0.39, 0.29) is 16.5 Å². The summed E-state index contributed by atoms with van der Waals surface area (Å²) < 4.78 is 9.35. The van der Waals surface area contributed by atoms with Crippen LogP contribution in [-0.2, 0) is 17.4 Å². The second kappa shape index (κ2) is 10.9. The van der Waals surface area contributed by atoms with Gasteiger partial charge in [0.25, 0.3) is 0 Å². The molecule has 2 aromatic heterocycles. The summed E-state index contributed by atoms with van der Waals surface area (Å²) in [6.45, 7) is 20.4. The zero-order valence-electron chi connectivity index (χ0n) is 32.7. The van der Waals surface area contributed by atoms with E-state index in [1.54, 1.807) is 0 Å². The number of benzene rings is 5. The van der Waals surface area contributed by atoms with Crippen molar-refractivity contribution in [2.24, 2.45) is 4.99 Å². The maximum atomic E-state index is 6.99. The molecule has 2 atom stereocenters. The van der Waals surface area contributed by atoms with Crippen LogP contribution >= 0.6 is 0 Å². The maximum absolute atomic E-state index is 6.99. The average Bonchev–Trinajstić information content (AvgIpc) is 3.66. The predicted molar refractivity (Wildman–Crippen MR) is 222 cm³/mol. The van der Waals surface area contributed by atoms with Gasteiger partial charge >= 0.3 is 0 Å². The summed E-state index contributed by atoms with van der Waals surface area (Å²) in [5.41, 5.74) is 16.0. The van der Waals surface area contributed by atoms with Crippen molar-refractivity contribution in [3.05, 3.63) is 159 Å². The highest BCUT2D eigenvalue weighted by Gasteiger charge is 2.61. The van der Waals surface area contributed by atoms with E-state index < -0.39 is 0 Å². The fourth-order valence-electron chi connectivity index (χ4n) is 10.3. The number of nitrogens with zero attached hydrogens (tertiary/aromatic N) is 4. The minimum atomic E-state index is -0.369. The van der Waals surface area contributed by atoms with Crippen LogP contribution in [0, 0.1) is 34.6 Å². The highest BCUT2D eigenvalue weighted by molar-refractivity contribution is 6.14. The zero-order valence-corrected chi connectivity index (χ0v) is 32.7. The molecule has 0 radical (unpaired) electrons. The van der Waals surface area contributed by atoms with Crippen molar-refractivity contribution in [3.8, 4) is 17.2 Å². The monoisotopic (exact) mass is 706 g/mol. The number of hydrogen-bond donors (Lipinski definition) is 0. The van der Waals surface area contributed by atoms with Gasteiger partial charge in [0.15, 0.2) is 0 Å². The molecule has 3 aliphatic rings. The van der Waals surface area contributed by atoms with E-state index in [1.807, 2.05) is 12.3 Å². The van der Waals surface area contributed by atoms with Crippen molar-refractivity contribution in [2.75, 3.05) is 4.90 Å². The Morgan fingerprint density at radius 1 is 0.667 bits per heavy atom. The van der Waals surface area contributed by atoms with Crippen molar-refractivity contribution in [1.82, 2.24) is 9.55 Å². The van der Waals surface area contributed by atoms with Crippen molar-refractivity contribution < 1.29 is 4.74 Å². The molecule has 0 saturated heterocycles. The topological polar surface area (TPSA) is 42.6 Å². The molecule has 10 rings (SSSR count). The molecule has 0 spiro atoms. The minimum Gasteiger partial charge on any atom is -0.457 e. The molecule has 0 fully saturated rings. The highest BCUT2D eigenvalue weighted by atomic mass is 16.5. The summed E-state index contributed by atoms with van der Waals surface area (Å²) in [6, 6.07) is 35.6. The predicted octanol–water partition coefficient (Wildman–Crippen LogP) is 11.6. The molecule has 5 aromatic carbocycles. The number of aryl methyl sites for hydroxylation is 5. The number of hydrogen-bond acceptors (Lipinski definition) is 4. The lowest BCUT2D eigenvalue weighted by molar-refractivity contribution is 0.321. The van der Waals surface area contributed by atoms with Gasteiger partial charge in [0, 0.05) is 46.1 Å². The molecule has 5 heteroatoms. The largest absolute Gasteiger partial charge is 0.457 e. The molecule has 5 nitrogen and oxygen atoms in total.